The maximum absolute atomic E-state index is 10.9. The highest BCUT2D eigenvalue weighted by molar-refractivity contribution is 6.14. The molecule has 0 radical (unpaired) electrons. The number of aldehydes is 1. The van der Waals surface area contributed by atoms with E-state index in [0.717, 1.165) is 75.3 Å². The second-order valence-corrected chi connectivity index (χ2v) is 7.28. The molecule has 1 aliphatic rings. The topological polar surface area (TPSA) is 57.2 Å². The molecular weight excluding hydrogens is 352 g/mol. The fraction of sp³-hybridized carbons (Fsp3) is 0.545. The number of benzene rings is 1. The first-order valence-electron chi connectivity index (χ1n) is 10.1. The van der Waals surface area contributed by atoms with Crippen LogP contribution in [0.4, 0.5) is 17.1 Å². The zero-order chi connectivity index (χ0) is 20.4. The third-order valence-corrected chi connectivity index (χ3v) is 5.00. The van der Waals surface area contributed by atoms with Gasteiger partial charge in [-0.1, -0.05) is 19.9 Å². The molecule has 1 saturated heterocycles. The Labute approximate surface area is 169 Å². The number of nitrogens with one attached hydrogen (secondary N) is 1. The summed E-state index contributed by atoms with van der Waals surface area (Å²) in [5.41, 5.74) is 4.30. The van der Waals surface area contributed by atoms with E-state index in [1.54, 1.807) is 6.20 Å². The lowest BCUT2D eigenvalue weighted by Crippen LogP contribution is -2.36. The molecule has 1 atom stereocenters. The van der Waals surface area contributed by atoms with E-state index in [4.69, 9.17) is 4.74 Å². The van der Waals surface area contributed by atoms with Gasteiger partial charge >= 0.3 is 0 Å². The zero-order valence-corrected chi connectivity index (χ0v) is 17.5. The number of carbonyl (C=O) groups is 1. The van der Waals surface area contributed by atoms with Gasteiger partial charge in [-0.3, -0.25) is 9.79 Å². The van der Waals surface area contributed by atoms with Crippen molar-refractivity contribution in [2.24, 2.45) is 4.99 Å². The summed E-state index contributed by atoms with van der Waals surface area (Å²) in [4.78, 5) is 19.7. The van der Waals surface area contributed by atoms with E-state index < -0.39 is 0 Å². The highest BCUT2D eigenvalue weighted by atomic mass is 16.5. The monoisotopic (exact) mass is 386 g/mol. The molecule has 2 rings (SSSR count). The van der Waals surface area contributed by atoms with Gasteiger partial charge in [-0.25, -0.2) is 0 Å². The van der Waals surface area contributed by atoms with Crippen molar-refractivity contribution in [3.63, 3.8) is 0 Å². The predicted molar refractivity (Wildman–Crippen MR) is 118 cm³/mol. The summed E-state index contributed by atoms with van der Waals surface area (Å²) in [6.45, 7) is 9.23. The average molecular weight is 387 g/mol. The number of hydrogen-bond acceptors (Lipinski definition) is 6. The third-order valence-electron chi connectivity index (χ3n) is 5.00. The van der Waals surface area contributed by atoms with Crippen LogP contribution in [0, 0.1) is 0 Å². The Bertz CT molecular complexity index is 667. The number of hydrogen-bond donors (Lipinski definition) is 1. The molecule has 1 aromatic rings. The molecule has 0 bridgehead atoms. The van der Waals surface area contributed by atoms with Gasteiger partial charge in [-0.05, 0) is 43.2 Å². The predicted octanol–water partition coefficient (Wildman–Crippen LogP) is 3.32. The van der Waals surface area contributed by atoms with Gasteiger partial charge in [0.05, 0.1) is 30.8 Å². The van der Waals surface area contributed by atoms with Crippen molar-refractivity contribution in [1.29, 1.82) is 0 Å². The van der Waals surface area contributed by atoms with Crippen molar-refractivity contribution >= 4 is 29.6 Å². The number of ether oxygens (including phenoxy) is 1. The second kappa shape index (κ2) is 11.5. The molecule has 154 valence electrons. The minimum absolute atomic E-state index is 0.409. The average Bonchev–Trinajstić information content (AvgIpc) is 2.70. The van der Waals surface area contributed by atoms with E-state index in [-0.39, 0.29) is 0 Å². The molecule has 1 aliphatic heterocycles. The van der Waals surface area contributed by atoms with Crippen molar-refractivity contribution in [3.05, 3.63) is 30.5 Å². The molecule has 0 saturated carbocycles. The van der Waals surface area contributed by atoms with E-state index in [1.807, 2.05) is 14.1 Å². The smallest absolute Gasteiger partial charge is 0.161 e. The molecule has 28 heavy (non-hydrogen) atoms. The number of nitrogens with zero attached hydrogens (tertiary/aromatic N) is 3. The van der Waals surface area contributed by atoms with Gasteiger partial charge in [0, 0.05) is 38.9 Å². The summed E-state index contributed by atoms with van der Waals surface area (Å²) in [7, 11) is 4.05. The van der Waals surface area contributed by atoms with Crippen LogP contribution in [-0.4, -0.2) is 58.9 Å². The molecule has 6 heteroatoms. The summed E-state index contributed by atoms with van der Waals surface area (Å²) >= 11 is 0. The lowest BCUT2D eigenvalue weighted by molar-refractivity contribution is -0.102. The molecule has 1 unspecified atom stereocenters. The van der Waals surface area contributed by atoms with E-state index in [1.165, 1.54) is 11.8 Å². The molecular formula is C22H34N4O2. The van der Waals surface area contributed by atoms with Crippen LogP contribution in [0.3, 0.4) is 0 Å². The quantitative estimate of drug-likeness (QED) is 0.467. The maximum atomic E-state index is 10.9. The van der Waals surface area contributed by atoms with Crippen LogP contribution in [0.15, 0.2) is 29.9 Å². The molecule has 1 fully saturated rings. The van der Waals surface area contributed by atoms with Crippen molar-refractivity contribution in [2.75, 3.05) is 50.2 Å². The van der Waals surface area contributed by atoms with E-state index in [9.17, 15) is 4.79 Å². The van der Waals surface area contributed by atoms with Crippen molar-refractivity contribution in [1.82, 2.24) is 5.32 Å². The molecule has 1 N–H and O–H groups in total. The van der Waals surface area contributed by atoms with Crippen LogP contribution < -0.4 is 15.1 Å². The fourth-order valence-corrected chi connectivity index (χ4v) is 3.74. The van der Waals surface area contributed by atoms with Gasteiger partial charge in [-0.2, -0.15) is 0 Å². The largest absolute Gasteiger partial charge is 0.389 e. The van der Waals surface area contributed by atoms with E-state index >= 15 is 0 Å². The van der Waals surface area contributed by atoms with Gasteiger partial charge < -0.3 is 19.9 Å². The standard InChI is InChI=1S/C22H34N4O2/c1-5-7-19(23-6-2)9-8-18-16-20(26-11-14-28-15-12-26)17-21(24-10-13-27)22(18)25(3)4/h6,10,13,16-17,19,23H,2,5,7-9,11-12,14-15H2,1,3-4H3/b24-10-. The molecule has 1 aromatic carbocycles. The summed E-state index contributed by atoms with van der Waals surface area (Å²) in [6.07, 6.45) is 8.04. The van der Waals surface area contributed by atoms with Crippen LogP contribution in [-0.2, 0) is 16.0 Å². The minimum Gasteiger partial charge on any atom is -0.389 e. The summed E-state index contributed by atoms with van der Waals surface area (Å²) in [5.74, 6) is 0. The number of aliphatic imine (C=N–C) groups is 1. The zero-order valence-electron chi connectivity index (χ0n) is 17.5. The van der Waals surface area contributed by atoms with Crippen molar-refractivity contribution in [3.8, 4) is 0 Å². The van der Waals surface area contributed by atoms with Gasteiger partial charge in [0.2, 0.25) is 0 Å². The van der Waals surface area contributed by atoms with Gasteiger partial charge in [0.1, 0.15) is 0 Å². The second-order valence-electron chi connectivity index (χ2n) is 7.28. The number of carbonyl (C=O) groups excluding carboxylic acids is 1. The minimum atomic E-state index is 0.409. The molecule has 0 amide bonds. The maximum Gasteiger partial charge on any atom is 0.161 e. The van der Waals surface area contributed by atoms with Gasteiger partial charge in [0.25, 0.3) is 0 Å². The Hall–Kier alpha value is -2.34. The Balaban J connectivity index is 2.38. The fourth-order valence-electron chi connectivity index (χ4n) is 3.74. The SMILES string of the molecule is C=CNC(CCC)CCc1cc(N2CCOCC2)cc(/N=C\C=O)c1N(C)C. The molecule has 6 nitrogen and oxygen atoms in total. The Morgan fingerprint density at radius 2 is 2.07 bits per heavy atom. The Morgan fingerprint density at radius 3 is 2.68 bits per heavy atom. The van der Waals surface area contributed by atoms with Crippen LogP contribution in [0.25, 0.3) is 0 Å². The highest BCUT2D eigenvalue weighted by Gasteiger charge is 2.18. The number of morpholine rings is 1. The molecule has 0 aromatic heterocycles. The van der Waals surface area contributed by atoms with E-state index in [0.29, 0.717) is 6.04 Å². The number of aryl methyl sites for hydroxylation is 1. The number of rotatable bonds is 11. The number of anilines is 2. The summed E-state index contributed by atoms with van der Waals surface area (Å²) < 4.78 is 5.50. The first-order valence-corrected chi connectivity index (χ1v) is 10.1. The molecule has 1 heterocycles. The Morgan fingerprint density at radius 1 is 1.32 bits per heavy atom. The molecule has 0 aliphatic carbocycles. The van der Waals surface area contributed by atoms with Gasteiger partial charge in [0.15, 0.2) is 6.29 Å². The first-order chi connectivity index (χ1) is 13.6. The van der Waals surface area contributed by atoms with E-state index in [2.05, 4.69) is 45.7 Å². The molecule has 0 spiro atoms. The normalized spacial score (nSPS) is 15.5. The summed E-state index contributed by atoms with van der Waals surface area (Å²) in [5, 5.41) is 3.38. The first kappa shape index (κ1) is 22.0. The van der Waals surface area contributed by atoms with Crippen LogP contribution >= 0.6 is 0 Å². The van der Waals surface area contributed by atoms with Crippen LogP contribution in [0.5, 0.6) is 0 Å². The lowest BCUT2D eigenvalue weighted by Gasteiger charge is -2.31. The van der Waals surface area contributed by atoms with Crippen LogP contribution in [0.1, 0.15) is 31.7 Å². The highest BCUT2D eigenvalue weighted by Crippen LogP contribution is 2.37. The van der Waals surface area contributed by atoms with Crippen molar-refractivity contribution < 1.29 is 9.53 Å². The Kier molecular flexibility index (Phi) is 9.01. The summed E-state index contributed by atoms with van der Waals surface area (Å²) in [6, 6.07) is 4.76. The van der Waals surface area contributed by atoms with Gasteiger partial charge in [-0.15, -0.1) is 0 Å². The lowest BCUT2D eigenvalue weighted by atomic mass is 9.98. The van der Waals surface area contributed by atoms with Crippen LogP contribution in [0.2, 0.25) is 0 Å². The van der Waals surface area contributed by atoms with Crippen molar-refractivity contribution in [2.45, 2.75) is 38.6 Å². The third kappa shape index (κ3) is 6.09.